The van der Waals surface area contributed by atoms with E-state index in [0.29, 0.717) is 0 Å². The summed E-state index contributed by atoms with van der Waals surface area (Å²) < 4.78 is 0. The monoisotopic (exact) mass is 115 g/mol. The predicted molar refractivity (Wildman–Crippen MR) is 37.3 cm³/mol. The fourth-order valence-electron chi connectivity index (χ4n) is 0.311. The van der Waals surface area contributed by atoms with Crippen molar-refractivity contribution >= 4 is 12.6 Å². The van der Waals surface area contributed by atoms with Gasteiger partial charge in [-0.25, -0.2) is 0 Å². The minimum Gasteiger partial charge on any atom is -0.149 e. The van der Waals surface area contributed by atoms with Gasteiger partial charge in [-0.3, -0.25) is 0 Å². The van der Waals surface area contributed by atoms with Crippen LogP contribution in [-0.4, -0.2) is 0 Å². The van der Waals surface area contributed by atoms with E-state index in [0.717, 1.165) is 17.7 Å². The fourth-order valence-corrected chi connectivity index (χ4v) is 0.440. The van der Waals surface area contributed by atoms with E-state index in [9.17, 15) is 0 Å². The van der Waals surface area contributed by atoms with E-state index in [1.807, 2.05) is 6.92 Å². The van der Waals surface area contributed by atoms with Crippen LogP contribution in [0, 0.1) is 6.92 Å². The van der Waals surface area contributed by atoms with Crippen molar-refractivity contribution in [1.82, 2.24) is 0 Å². The van der Waals surface area contributed by atoms with Crippen LogP contribution in [0.5, 0.6) is 0 Å². The lowest BCUT2D eigenvalue weighted by atomic mass is 10.3. The van der Waals surface area contributed by atoms with Crippen molar-refractivity contribution in [3.8, 4) is 0 Å². The zero-order valence-electron chi connectivity index (χ0n) is 4.65. The van der Waals surface area contributed by atoms with Crippen LogP contribution in [0.4, 0.5) is 0 Å². The second kappa shape index (κ2) is 4.25. The maximum absolute atomic E-state index is 4.07. The van der Waals surface area contributed by atoms with Crippen molar-refractivity contribution in [2.45, 2.75) is 19.8 Å². The third-order valence-electron chi connectivity index (χ3n) is 0.644. The molecule has 0 aromatic rings. The van der Waals surface area contributed by atoms with Crippen molar-refractivity contribution in [2.75, 3.05) is 0 Å². The first-order valence-corrected chi connectivity index (χ1v) is 2.87. The van der Waals surface area contributed by atoms with Gasteiger partial charge in [0.1, 0.15) is 0 Å². The van der Waals surface area contributed by atoms with Gasteiger partial charge in [0, 0.05) is 0 Å². The molecule has 0 fully saturated rings. The molecule has 0 aliphatic carbocycles. The molecule has 0 atom stereocenters. The lowest BCUT2D eigenvalue weighted by Crippen LogP contribution is -1.61. The summed E-state index contributed by atoms with van der Waals surface area (Å²) in [5.41, 5.74) is 0. The maximum Gasteiger partial charge on any atom is -0.0255 e. The van der Waals surface area contributed by atoms with Gasteiger partial charge in [-0.2, -0.15) is 0 Å². The Labute approximate surface area is 51.0 Å². The first-order chi connectivity index (χ1) is 3.27. The quantitative estimate of drug-likeness (QED) is 0.525. The molecular weight excluding hydrogens is 104 g/mol. The maximum atomic E-state index is 4.07. The molecule has 0 nitrogen and oxygen atoms in total. The summed E-state index contributed by atoms with van der Waals surface area (Å²) in [6.07, 6.45) is 4.09. The average molecular weight is 115 g/mol. The van der Waals surface area contributed by atoms with E-state index in [4.69, 9.17) is 0 Å². The van der Waals surface area contributed by atoms with E-state index in [-0.39, 0.29) is 0 Å². The van der Waals surface area contributed by atoms with Crippen LogP contribution >= 0.6 is 12.6 Å². The molecule has 7 heavy (non-hydrogen) atoms. The molecule has 1 heteroatoms. The fraction of sp³-hybridized carbons (Fsp3) is 0.500. The molecule has 0 unspecified atom stereocenters. The molecule has 0 aromatic heterocycles. The van der Waals surface area contributed by atoms with E-state index in [1.54, 1.807) is 0 Å². The van der Waals surface area contributed by atoms with E-state index >= 15 is 0 Å². The Morgan fingerprint density at radius 1 is 1.86 bits per heavy atom. The van der Waals surface area contributed by atoms with Crippen molar-refractivity contribution in [3.05, 3.63) is 17.9 Å². The van der Waals surface area contributed by atoms with Gasteiger partial charge < -0.3 is 0 Å². The molecule has 0 bridgehead atoms. The highest BCUT2D eigenvalue weighted by Gasteiger charge is 1.74. The van der Waals surface area contributed by atoms with E-state index < -0.39 is 0 Å². The van der Waals surface area contributed by atoms with Gasteiger partial charge in [0.25, 0.3) is 0 Å². The van der Waals surface area contributed by atoms with E-state index in [1.165, 1.54) is 0 Å². The van der Waals surface area contributed by atoms with Crippen LogP contribution in [0.2, 0.25) is 0 Å². The van der Waals surface area contributed by atoms with Gasteiger partial charge in [0.15, 0.2) is 0 Å². The highest BCUT2D eigenvalue weighted by Crippen LogP contribution is 1.99. The molecule has 41 valence electrons. The summed E-state index contributed by atoms with van der Waals surface area (Å²) in [5, 5.41) is 0. The second-order valence-electron chi connectivity index (χ2n) is 1.49. The Hall–Kier alpha value is 0.0900. The Balaban J connectivity index is 3.08. The normalized spacial score (nSPS) is 12.1. The topological polar surface area (TPSA) is 0 Å². The van der Waals surface area contributed by atoms with Crippen molar-refractivity contribution < 1.29 is 0 Å². The van der Waals surface area contributed by atoms with Crippen LogP contribution in [0.25, 0.3) is 0 Å². The lowest BCUT2D eigenvalue weighted by molar-refractivity contribution is 1.04. The van der Waals surface area contributed by atoms with Crippen LogP contribution in [0.3, 0.4) is 0 Å². The molecule has 0 N–H and O–H groups in total. The SMILES string of the molecule is [CH2]CCC=C(C)S. The van der Waals surface area contributed by atoms with Gasteiger partial charge in [-0.1, -0.05) is 13.0 Å². The Kier molecular flexibility index (Phi) is 4.31. The molecule has 0 aliphatic rings. The van der Waals surface area contributed by atoms with Gasteiger partial charge in [-0.15, -0.1) is 12.6 Å². The largest absolute Gasteiger partial charge is 0.149 e. The van der Waals surface area contributed by atoms with Crippen LogP contribution < -0.4 is 0 Å². The highest BCUT2D eigenvalue weighted by molar-refractivity contribution is 7.84. The van der Waals surface area contributed by atoms with Crippen LogP contribution in [0.15, 0.2) is 11.0 Å². The number of thiol groups is 1. The summed E-state index contributed by atoms with van der Waals surface area (Å²) in [6, 6.07) is 0. The van der Waals surface area contributed by atoms with Gasteiger partial charge in [0.2, 0.25) is 0 Å². The summed E-state index contributed by atoms with van der Waals surface area (Å²) in [7, 11) is 0. The Morgan fingerprint density at radius 3 is 2.57 bits per heavy atom. The molecule has 0 aliphatic heterocycles. The van der Waals surface area contributed by atoms with Crippen LogP contribution in [0.1, 0.15) is 19.8 Å². The van der Waals surface area contributed by atoms with Gasteiger partial charge >= 0.3 is 0 Å². The highest BCUT2D eigenvalue weighted by atomic mass is 32.1. The molecule has 0 saturated carbocycles. The zero-order chi connectivity index (χ0) is 5.70. The molecule has 0 rings (SSSR count). The first kappa shape index (κ1) is 7.09. The minimum absolute atomic E-state index is 0.970. The molecule has 0 amide bonds. The summed E-state index contributed by atoms with van der Waals surface area (Å²) >= 11 is 4.07. The molecular formula is C6H11S. The number of rotatable bonds is 2. The van der Waals surface area contributed by atoms with Gasteiger partial charge in [0.05, 0.1) is 0 Å². The molecule has 0 spiro atoms. The number of hydrogen-bond acceptors (Lipinski definition) is 1. The van der Waals surface area contributed by atoms with E-state index in [2.05, 4.69) is 25.6 Å². The summed E-state index contributed by atoms with van der Waals surface area (Å²) in [6.45, 7) is 5.65. The molecule has 0 aromatic carbocycles. The minimum atomic E-state index is 0.970. The second-order valence-corrected chi connectivity index (χ2v) is 2.19. The Morgan fingerprint density at radius 2 is 2.43 bits per heavy atom. The van der Waals surface area contributed by atoms with Crippen molar-refractivity contribution in [2.24, 2.45) is 0 Å². The Bertz CT molecular complexity index is 60.6. The standard InChI is InChI=1S/C6H11S/c1-3-4-5-6(2)7/h5,7H,1,3-4H2,2H3. The number of allylic oxidation sites excluding steroid dienone is 2. The zero-order valence-corrected chi connectivity index (χ0v) is 5.54. The predicted octanol–water partition coefficient (Wildman–Crippen LogP) is 2.43. The molecule has 0 saturated heterocycles. The first-order valence-electron chi connectivity index (χ1n) is 2.42. The molecule has 1 radical (unpaired) electrons. The smallest absolute Gasteiger partial charge is 0.0255 e. The van der Waals surface area contributed by atoms with Crippen LogP contribution in [-0.2, 0) is 0 Å². The lowest BCUT2D eigenvalue weighted by Gasteiger charge is -1.84. The summed E-state index contributed by atoms with van der Waals surface area (Å²) in [5.74, 6) is 0. The third kappa shape index (κ3) is 6.09. The summed E-state index contributed by atoms with van der Waals surface area (Å²) in [4.78, 5) is 1.09. The van der Waals surface area contributed by atoms with Crippen molar-refractivity contribution in [1.29, 1.82) is 0 Å². The molecule has 0 heterocycles. The van der Waals surface area contributed by atoms with Crippen molar-refractivity contribution in [3.63, 3.8) is 0 Å². The average Bonchev–Trinajstić information content (AvgIpc) is 1.61. The van der Waals surface area contributed by atoms with Gasteiger partial charge in [-0.05, 0) is 24.7 Å². The third-order valence-corrected chi connectivity index (χ3v) is 0.826. The number of unbranched alkanes of at least 4 members (excludes halogenated alkanes) is 1. The number of hydrogen-bond donors (Lipinski definition) is 1.